The number of alkyl halides is 3. The third-order valence-corrected chi connectivity index (χ3v) is 3.09. The number of halogens is 3. The second kappa shape index (κ2) is 4.76. The van der Waals surface area contributed by atoms with Crippen LogP contribution in [-0.2, 0) is 10.9 Å². The Morgan fingerprint density at radius 1 is 1.14 bits per heavy atom. The van der Waals surface area contributed by atoms with E-state index in [2.05, 4.69) is 4.98 Å². The molecule has 1 aliphatic heterocycles. The van der Waals surface area contributed by atoms with Crippen molar-refractivity contribution in [2.24, 2.45) is 0 Å². The van der Waals surface area contributed by atoms with E-state index in [1.54, 1.807) is 0 Å². The van der Waals surface area contributed by atoms with Gasteiger partial charge in [-0.25, -0.2) is 9.78 Å². The van der Waals surface area contributed by atoms with E-state index < -0.39 is 17.7 Å². The van der Waals surface area contributed by atoms with Crippen LogP contribution in [0.3, 0.4) is 0 Å². The Hall–Kier alpha value is -2.57. The average molecular weight is 294 g/mol. The van der Waals surface area contributed by atoms with E-state index in [0.29, 0.717) is 0 Å². The lowest BCUT2D eigenvalue weighted by Crippen LogP contribution is -2.32. The lowest BCUT2D eigenvalue weighted by atomic mass is 10.1. The van der Waals surface area contributed by atoms with Crippen LogP contribution in [0.5, 0.6) is 0 Å². The van der Waals surface area contributed by atoms with Crippen molar-refractivity contribution in [3.05, 3.63) is 53.7 Å². The quantitative estimate of drug-likeness (QED) is 0.756. The minimum absolute atomic E-state index is 0.0996. The second-order valence-corrected chi connectivity index (χ2v) is 4.38. The molecule has 0 unspecified atom stereocenters. The normalized spacial score (nSPS) is 14.6. The molecule has 0 atom stereocenters. The molecule has 4 nitrogen and oxygen atoms in total. The van der Waals surface area contributed by atoms with Gasteiger partial charge in [-0.2, -0.15) is 13.2 Å². The number of pyridine rings is 1. The summed E-state index contributed by atoms with van der Waals surface area (Å²) in [6.45, 7) is -0.310. The number of fused-ring (bicyclic) bond motifs is 1. The van der Waals surface area contributed by atoms with Crippen molar-refractivity contribution >= 4 is 17.5 Å². The standard InChI is InChI=1S/C14H9F3N2O2/c15-14(16,17)10-5-1-2-6-11(10)19-8-21-13(20)9-4-3-7-18-12(9)19/h1-7H,8H2. The van der Waals surface area contributed by atoms with Crippen LogP contribution in [0.25, 0.3) is 0 Å². The molecule has 0 spiro atoms. The summed E-state index contributed by atoms with van der Waals surface area (Å²) >= 11 is 0. The number of rotatable bonds is 1. The maximum absolute atomic E-state index is 13.1. The molecule has 7 heteroatoms. The van der Waals surface area contributed by atoms with E-state index in [9.17, 15) is 18.0 Å². The molecule has 0 fully saturated rings. The fraction of sp³-hybridized carbons (Fsp3) is 0.143. The van der Waals surface area contributed by atoms with Gasteiger partial charge in [0.25, 0.3) is 0 Å². The highest BCUT2D eigenvalue weighted by Crippen LogP contribution is 2.40. The van der Waals surface area contributed by atoms with Crippen LogP contribution >= 0.6 is 0 Å². The van der Waals surface area contributed by atoms with Crippen molar-refractivity contribution in [2.45, 2.75) is 6.18 Å². The fourth-order valence-electron chi connectivity index (χ4n) is 2.17. The largest absolute Gasteiger partial charge is 0.440 e. The number of carbonyl (C=O) groups excluding carboxylic acids is 1. The van der Waals surface area contributed by atoms with E-state index in [1.165, 1.54) is 41.4 Å². The summed E-state index contributed by atoms with van der Waals surface area (Å²) in [4.78, 5) is 16.9. The lowest BCUT2D eigenvalue weighted by molar-refractivity contribution is -0.137. The number of benzene rings is 1. The zero-order valence-corrected chi connectivity index (χ0v) is 10.6. The predicted molar refractivity (Wildman–Crippen MR) is 68.1 cm³/mol. The number of ether oxygens (including phenoxy) is 1. The molecule has 0 aliphatic carbocycles. The molecule has 0 N–H and O–H groups in total. The van der Waals surface area contributed by atoms with E-state index >= 15 is 0 Å². The topological polar surface area (TPSA) is 42.4 Å². The highest BCUT2D eigenvalue weighted by Gasteiger charge is 2.37. The Balaban J connectivity index is 2.15. The Morgan fingerprint density at radius 2 is 1.90 bits per heavy atom. The average Bonchev–Trinajstić information content (AvgIpc) is 2.47. The van der Waals surface area contributed by atoms with Crippen LogP contribution in [0.4, 0.5) is 24.7 Å². The Morgan fingerprint density at radius 3 is 2.67 bits per heavy atom. The van der Waals surface area contributed by atoms with Gasteiger partial charge >= 0.3 is 12.1 Å². The van der Waals surface area contributed by atoms with Crippen LogP contribution in [0.2, 0.25) is 0 Å². The van der Waals surface area contributed by atoms with Gasteiger partial charge < -0.3 is 4.74 Å². The first-order valence-corrected chi connectivity index (χ1v) is 6.04. The molecular weight excluding hydrogens is 285 g/mol. The Kier molecular flexibility index (Phi) is 3.04. The van der Waals surface area contributed by atoms with Crippen LogP contribution in [-0.4, -0.2) is 17.7 Å². The number of nitrogens with zero attached hydrogens (tertiary/aromatic N) is 2. The number of para-hydroxylation sites is 1. The van der Waals surface area contributed by atoms with Crippen molar-refractivity contribution in [1.82, 2.24) is 4.98 Å². The number of anilines is 2. The number of aromatic nitrogens is 1. The highest BCUT2D eigenvalue weighted by molar-refractivity contribution is 5.97. The monoisotopic (exact) mass is 294 g/mol. The van der Waals surface area contributed by atoms with Gasteiger partial charge in [-0.15, -0.1) is 0 Å². The van der Waals surface area contributed by atoms with Gasteiger partial charge in [-0.3, -0.25) is 4.90 Å². The molecule has 21 heavy (non-hydrogen) atoms. The zero-order valence-electron chi connectivity index (χ0n) is 10.6. The number of carbonyl (C=O) groups is 1. The fourth-order valence-corrected chi connectivity index (χ4v) is 2.17. The number of esters is 1. The molecule has 0 radical (unpaired) electrons. The van der Waals surface area contributed by atoms with Crippen LogP contribution in [0.15, 0.2) is 42.6 Å². The zero-order chi connectivity index (χ0) is 15.0. The third-order valence-electron chi connectivity index (χ3n) is 3.09. The van der Waals surface area contributed by atoms with Crippen LogP contribution < -0.4 is 4.90 Å². The van der Waals surface area contributed by atoms with E-state index in [0.717, 1.165) is 6.07 Å². The maximum Gasteiger partial charge on any atom is 0.418 e. The molecule has 0 saturated heterocycles. The molecule has 0 bridgehead atoms. The minimum atomic E-state index is -4.51. The molecule has 1 aromatic heterocycles. The minimum Gasteiger partial charge on any atom is -0.440 e. The molecule has 2 heterocycles. The molecule has 1 aliphatic rings. The molecule has 1 aromatic carbocycles. The van der Waals surface area contributed by atoms with Gasteiger partial charge in [0.15, 0.2) is 6.73 Å². The second-order valence-electron chi connectivity index (χ2n) is 4.38. The number of hydrogen-bond acceptors (Lipinski definition) is 4. The Bertz CT molecular complexity index is 701. The van der Waals surface area contributed by atoms with Crippen molar-refractivity contribution in [1.29, 1.82) is 0 Å². The van der Waals surface area contributed by atoms with Gasteiger partial charge in [0.05, 0.1) is 11.3 Å². The number of cyclic esters (lactones) is 1. The summed E-state index contributed by atoms with van der Waals surface area (Å²) in [5.41, 5.74) is -0.766. The van der Waals surface area contributed by atoms with Crippen LogP contribution in [0, 0.1) is 0 Å². The molecule has 108 valence electrons. The maximum atomic E-state index is 13.1. The summed E-state index contributed by atoms with van der Waals surface area (Å²) in [5, 5.41) is 0. The first-order valence-electron chi connectivity index (χ1n) is 6.04. The summed E-state index contributed by atoms with van der Waals surface area (Å²) in [5.74, 6) is -0.440. The summed E-state index contributed by atoms with van der Waals surface area (Å²) < 4.78 is 44.2. The highest BCUT2D eigenvalue weighted by atomic mass is 19.4. The smallest absolute Gasteiger partial charge is 0.418 e. The summed E-state index contributed by atoms with van der Waals surface area (Å²) in [6.07, 6.45) is -3.09. The third kappa shape index (κ3) is 2.31. The molecule has 0 amide bonds. The Labute approximate surface area is 117 Å². The van der Waals surface area contributed by atoms with Gasteiger partial charge in [-0.05, 0) is 24.3 Å². The molecule has 2 aromatic rings. The van der Waals surface area contributed by atoms with Gasteiger partial charge in [0.1, 0.15) is 11.4 Å². The van der Waals surface area contributed by atoms with Crippen molar-refractivity contribution < 1.29 is 22.7 Å². The SMILES string of the molecule is O=C1OCN(c2ccccc2C(F)(F)F)c2ncccc21. The first kappa shape index (κ1) is 13.4. The molecule has 3 rings (SSSR count). The van der Waals surface area contributed by atoms with E-state index in [-0.39, 0.29) is 23.8 Å². The lowest BCUT2D eigenvalue weighted by Gasteiger charge is -2.30. The summed E-state index contributed by atoms with van der Waals surface area (Å²) in [7, 11) is 0. The first-order chi connectivity index (χ1) is 9.98. The van der Waals surface area contributed by atoms with Crippen LogP contribution in [0.1, 0.15) is 15.9 Å². The molecular formula is C14H9F3N2O2. The van der Waals surface area contributed by atoms with E-state index in [4.69, 9.17) is 4.74 Å². The van der Waals surface area contributed by atoms with Gasteiger partial charge in [0, 0.05) is 6.20 Å². The van der Waals surface area contributed by atoms with Crippen molar-refractivity contribution in [3.8, 4) is 0 Å². The van der Waals surface area contributed by atoms with E-state index in [1.807, 2.05) is 0 Å². The van der Waals surface area contributed by atoms with Crippen molar-refractivity contribution in [2.75, 3.05) is 11.6 Å². The molecule has 0 saturated carbocycles. The number of hydrogen-bond donors (Lipinski definition) is 0. The van der Waals surface area contributed by atoms with Crippen molar-refractivity contribution in [3.63, 3.8) is 0 Å². The van der Waals surface area contributed by atoms with Gasteiger partial charge in [-0.1, -0.05) is 12.1 Å². The summed E-state index contributed by atoms with van der Waals surface area (Å²) in [6, 6.07) is 8.09. The van der Waals surface area contributed by atoms with Gasteiger partial charge in [0.2, 0.25) is 0 Å². The predicted octanol–water partition coefficient (Wildman–Crippen LogP) is 3.37.